The van der Waals surface area contributed by atoms with Gasteiger partial charge >= 0.3 is 0 Å². The van der Waals surface area contributed by atoms with E-state index in [1.807, 2.05) is 6.08 Å². The molecule has 1 amide bonds. The van der Waals surface area contributed by atoms with Gasteiger partial charge in [-0.2, -0.15) is 0 Å². The van der Waals surface area contributed by atoms with Crippen molar-refractivity contribution in [1.82, 2.24) is 5.32 Å². The van der Waals surface area contributed by atoms with Crippen molar-refractivity contribution in [1.29, 1.82) is 0 Å². The lowest BCUT2D eigenvalue weighted by Gasteiger charge is -2.48. The highest BCUT2D eigenvalue weighted by Gasteiger charge is 2.53. The van der Waals surface area contributed by atoms with Crippen LogP contribution < -0.4 is 5.32 Å². The first-order valence-corrected chi connectivity index (χ1v) is 39.7. The SMILES string of the molecule is CCCCCCCCCC/C=C\CCCCCCCCCCCCCCCCCCCC(=O)NC(COC1OC(CO)C(OC2OC(CO)C(OC3OC(CO)C(O)C(O)C3O)C(O)C2O)C(O)C1O)C(O)/C=C/CC/C=C/CCCCCCCCCCCCCCCCCCC. The fourth-order valence-corrected chi connectivity index (χ4v) is 13.5. The third-order valence-electron chi connectivity index (χ3n) is 19.9. The Morgan fingerprint density at radius 2 is 0.660 bits per heavy atom. The molecule has 97 heavy (non-hydrogen) atoms. The third kappa shape index (κ3) is 40.0. The average molecular weight is 1390 g/mol. The number of nitrogens with one attached hydrogen (secondary N) is 1. The Kier molecular flexibility index (Phi) is 54.6. The molecule has 0 aromatic heterocycles. The maximum Gasteiger partial charge on any atom is 0.220 e. The largest absolute Gasteiger partial charge is 0.394 e. The molecule has 17 unspecified atom stereocenters. The lowest BCUT2D eigenvalue weighted by Crippen LogP contribution is -2.66. The molecule has 3 rings (SSSR count). The second kappa shape index (κ2) is 59.4. The van der Waals surface area contributed by atoms with Crippen LogP contribution in [-0.4, -0.2) is 193 Å². The molecule has 12 N–H and O–H groups in total. The fraction of sp³-hybridized carbons (Fsp3) is 0.910. The zero-order valence-electron chi connectivity index (χ0n) is 60.8. The Morgan fingerprint density at radius 3 is 1.03 bits per heavy atom. The predicted molar refractivity (Wildman–Crippen MR) is 383 cm³/mol. The molecule has 19 heteroatoms. The monoisotopic (exact) mass is 1380 g/mol. The van der Waals surface area contributed by atoms with Crippen molar-refractivity contribution in [3.8, 4) is 0 Å². The molecule has 0 aliphatic carbocycles. The fourth-order valence-electron chi connectivity index (χ4n) is 13.5. The van der Waals surface area contributed by atoms with Gasteiger partial charge in [-0.15, -0.1) is 0 Å². The molecule has 0 radical (unpaired) electrons. The quantitative estimate of drug-likeness (QED) is 0.0199. The summed E-state index contributed by atoms with van der Waals surface area (Å²) >= 11 is 0. The van der Waals surface area contributed by atoms with Crippen LogP contribution in [-0.2, 0) is 33.2 Å². The summed E-state index contributed by atoms with van der Waals surface area (Å²) in [4.78, 5) is 13.5. The summed E-state index contributed by atoms with van der Waals surface area (Å²) < 4.78 is 34.4. The summed E-state index contributed by atoms with van der Waals surface area (Å²) in [5.41, 5.74) is 0. The highest BCUT2D eigenvalue weighted by Crippen LogP contribution is 2.33. The number of rotatable bonds is 63. The number of amides is 1. The van der Waals surface area contributed by atoms with Gasteiger partial charge in [0, 0.05) is 6.42 Å². The Balaban J connectivity index is 1.39. The zero-order chi connectivity index (χ0) is 70.4. The number of hydrogen-bond acceptors (Lipinski definition) is 18. The second-order valence-electron chi connectivity index (χ2n) is 28.5. The Hall–Kier alpha value is -1.99. The minimum Gasteiger partial charge on any atom is -0.394 e. The van der Waals surface area contributed by atoms with Crippen LogP contribution in [0.1, 0.15) is 322 Å². The highest BCUT2D eigenvalue weighted by atomic mass is 16.8. The molecule has 3 saturated heterocycles. The van der Waals surface area contributed by atoms with Crippen molar-refractivity contribution in [2.75, 3.05) is 26.4 Å². The van der Waals surface area contributed by atoms with Crippen LogP contribution in [0, 0.1) is 0 Å². The number of allylic oxidation sites excluding steroid dienone is 5. The number of carbonyl (C=O) groups excluding carboxylic acids is 1. The normalized spacial score (nSPS) is 27.0. The minimum atomic E-state index is -1.98. The highest BCUT2D eigenvalue weighted by molar-refractivity contribution is 5.76. The number of carbonyl (C=O) groups is 1. The van der Waals surface area contributed by atoms with Crippen molar-refractivity contribution in [2.24, 2.45) is 0 Å². The van der Waals surface area contributed by atoms with Crippen LogP contribution in [0.2, 0.25) is 0 Å². The smallest absolute Gasteiger partial charge is 0.220 e. The van der Waals surface area contributed by atoms with E-state index in [1.165, 1.54) is 250 Å². The van der Waals surface area contributed by atoms with Crippen LogP contribution in [0.25, 0.3) is 0 Å². The van der Waals surface area contributed by atoms with E-state index in [0.29, 0.717) is 12.8 Å². The first kappa shape index (κ1) is 89.2. The zero-order valence-corrected chi connectivity index (χ0v) is 60.8. The molecule has 0 aromatic rings. The molecule has 0 aromatic carbocycles. The molecule has 3 heterocycles. The molecule has 0 saturated carbocycles. The van der Waals surface area contributed by atoms with Crippen molar-refractivity contribution < 1.29 is 89.4 Å². The maximum atomic E-state index is 13.5. The van der Waals surface area contributed by atoms with Gasteiger partial charge in [0.2, 0.25) is 5.91 Å². The van der Waals surface area contributed by atoms with Crippen molar-refractivity contribution in [3.05, 3.63) is 36.5 Å². The second-order valence-corrected chi connectivity index (χ2v) is 28.5. The van der Waals surface area contributed by atoms with Gasteiger partial charge in [-0.3, -0.25) is 4.79 Å². The standard InChI is InChI=1S/C78H145NO18/c1-3-5-7-9-11-13-15-17-19-21-23-25-27-28-29-30-31-32-34-36-38-40-42-44-46-48-50-52-54-56-66(84)79-61(62(83)55-53-51-49-47-45-43-41-39-37-35-33-26-24-22-20-18-16-14-12-10-8-6-4-2)60-92-76-72(90)69(87)74(64(58-81)94-76)97-78-73(91)70(88)75(65(59-82)95-78)96-77-71(89)68(86)67(85)63(57-80)93-77/h21,23,45,47,53,55,61-65,67-78,80-83,85-91H,3-20,22,24-44,46,48-52,54,56-60H2,1-2H3,(H,79,84)/b23-21-,47-45+,55-53+. The summed E-state index contributed by atoms with van der Waals surface area (Å²) in [6.45, 7) is 1.76. The van der Waals surface area contributed by atoms with Crippen LogP contribution in [0.3, 0.4) is 0 Å². The number of hydrogen-bond donors (Lipinski definition) is 12. The molecule has 570 valence electrons. The third-order valence-corrected chi connectivity index (χ3v) is 19.9. The van der Waals surface area contributed by atoms with Gasteiger partial charge in [0.25, 0.3) is 0 Å². The van der Waals surface area contributed by atoms with E-state index in [-0.39, 0.29) is 18.9 Å². The molecule has 3 aliphatic heterocycles. The molecule has 17 atom stereocenters. The van der Waals surface area contributed by atoms with E-state index >= 15 is 0 Å². The molecular weight excluding hydrogens is 1240 g/mol. The van der Waals surface area contributed by atoms with E-state index in [2.05, 4.69) is 43.5 Å². The summed E-state index contributed by atoms with van der Waals surface area (Å²) in [5, 5.41) is 121. The van der Waals surface area contributed by atoms with Crippen LogP contribution in [0.5, 0.6) is 0 Å². The van der Waals surface area contributed by atoms with Crippen LogP contribution in [0.4, 0.5) is 0 Å². The van der Waals surface area contributed by atoms with Crippen molar-refractivity contribution >= 4 is 5.91 Å². The summed E-state index contributed by atoms with van der Waals surface area (Å²) in [5.74, 6) is -0.280. The van der Waals surface area contributed by atoms with E-state index in [9.17, 15) is 61.0 Å². The van der Waals surface area contributed by atoms with Crippen molar-refractivity contribution in [3.63, 3.8) is 0 Å². The summed E-state index contributed by atoms with van der Waals surface area (Å²) in [6.07, 6.45) is 45.6. The average Bonchev–Trinajstić information content (AvgIpc) is 0.789. The van der Waals surface area contributed by atoms with E-state index in [0.717, 1.165) is 38.5 Å². The Labute approximate surface area is 587 Å². The molecule has 3 fully saturated rings. The van der Waals surface area contributed by atoms with Gasteiger partial charge in [-0.05, 0) is 57.8 Å². The van der Waals surface area contributed by atoms with E-state index in [1.54, 1.807) is 6.08 Å². The first-order valence-electron chi connectivity index (χ1n) is 39.7. The summed E-state index contributed by atoms with van der Waals surface area (Å²) in [6, 6.07) is -0.990. The van der Waals surface area contributed by atoms with Crippen LogP contribution >= 0.6 is 0 Å². The van der Waals surface area contributed by atoms with E-state index < -0.39 is 124 Å². The number of ether oxygens (including phenoxy) is 6. The molecule has 0 bridgehead atoms. The van der Waals surface area contributed by atoms with Gasteiger partial charge in [0.1, 0.15) is 73.2 Å². The molecule has 19 nitrogen and oxygen atoms in total. The van der Waals surface area contributed by atoms with Gasteiger partial charge in [-0.25, -0.2) is 0 Å². The predicted octanol–water partition coefficient (Wildman–Crippen LogP) is 12.7. The van der Waals surface area contributed by atoms with Crippen LogP contribution in [0.15, 0.2) is 36.5 Å². The lowest BCUT2D eigenvalue weighted by molar-refractivity contribution is -0.379. The summed E-state index contributed by atoms with van der Waals surface area (Å²) in [7, 11) is 0. The molecular formula is C78H145NO18. The van der Waals surface area contributed by atoms with Gasteiger partial charge in [0.05, 0.1) is 38.6 Å². The number of aliphatic hydroxyl groups is 11. The van der Waals surface area contributed by atoms with Gasteiger partial charge in [-0.1, -0.05) is 294 Å². The number of aliphatic hydroxyl groups excluding tert-OH is 11. The minimum absolute atomic E-state index is 0.239. The Bertz CT molecular complexity index is 1900. The van der Waals surface area contributed by atoms with E-state index in [4.69, 9.17) is 28.4 Å². The first-order chi connectivity index (χ1) is 47.3. The van der Waals surface area contributed by atoms with Gasteiger partial charge < -0.3 is 89.9 Å². The molecule has 0 spiro atoms. The lowest BCUT2D eigenvalue weighted by atomic mass is 9.96. The molecule has 3 aliphatic rings. The Morgan fingerprint density at radius 1 is 0.361 bits per heavy atom. The number of unbranched alkanes of at least 4 members (excludes halogenated alkanes) is 43. The topological polar surface area (TPSA) is 307 Å². The van der Waals surface area contributed by atoms with Gasteiger partial charge in [0.15, 0.2) is 18.9 Å². The maximum absolute atomic E-state index is 13.5. The van der Waals surface area contributed by atoms with Crippen molar-refractivity contribution in [2.45, 2.75) is 426 Å².